The topological polar surface area (TPSA) is 66.5 Å². The molecular formula is C15H20N2O3. The molecule has 0 unspecified atom stereocenters. The summed E-state index contributed by atoms with van der Waals surface area (Å²) in [6, 6.07) is 0.138. The zero-order chi connectivity index (χ0) is 14.3. The van der Waals surface area contributed by atoms with Crippen molar-refractivity contribution in [1.82, 2.24) is 10.2 Å². The van der Waals surface area contributed by atoms with Gasteiger partial charge in [0.25, 0.3) is 0 Å². The maximum atomic E-state index is 12.2. The SMILES string of the molecule is C[C@@H](NC(=O)CN1C(=O)[C@H]2CC=CC[C@H]2C1=O)C1CC1. The van der Waals surface area contributed by atoms with Gasteiger partial charge in [-0.2, -0.15) is 0 Å². The van der Waals surface area contributed by atoms with Gasteiger partial charge in [-0.05, 0) is 38.5 Å². The summed E-state index contributed by atoms with van der Waals surface area (Å²) in [6.07, 6.45) is 7.44. The molecule has 1 saturated carbocycles. The van der Waals surface area contributed by atoms with Crippen molar-refractivity contribution in [2.24, 2.45) is 17.8 Å². The van der Waals surface area contributed by atoms with Gasteiger partial charge < -0.3 is 5.32 Å². The van der Waals surface area contributed by atoms with Gasteiger partial charge in [0.15, 0.2) is 0 Å². The number of rotatable bonds is 4. The van der Waals surface area contributed by atoms with Crippen molar-refractivity contribution in [3.63, 3.8) is 0 Å². The second kappa shape index (κ2) is 5.04. The number of amides is 3. The Morgan fingerprint density at radius 1 is 1.25 bits per heavy atom. The summed E-state index contributed by atoms with van der Waals surface area (Å²) in [5.74, 6) is -0.520. The molecule has 3 amide bonds. The van der Waals surface area contributed by atoms with E-state index in [9.17, 15) is 14.4 Å². The number of carbonyl (C=O) groups excluding carboxylic acids is 3. The fourth-order valence-corrected chi connectivity index (χ4v) is 3.18. The van der Waals surface area contributed by atoms with Crippen LogP contribution in [0.1, 0.15) is 32.6 Å². The number of hydrogen-bond acceptors (Lipinski definition) is 3. The van der Waals surface area contributed by atoms with Crippen molar-refractivity contribution in [1.29, 1.82) is 0 Å². The number of nitrogens with one attached hydrogen (secondary N) is 1. The van der Waals surface area contributed by atoms with Gasteiger partial charge in [-0.25, -0.2) is 0 Å². The third kappa shape index (κ3) is 2.37. The maximum Gasteiger partial charge on any atom is 0.240 e. The van der Waals surface area contributed by atoms with Gasteiger partial charge in [0.1, 0.15) is 6.54 Å². The molecule has 0 bridgehead atoms. The van der Waals surface area contributed by atoms with E-state index in [1.807, 2.05) is 19.1 Å². The van der Waals surface area contributed by atoms with E-state index in [0.29, 0.717) is 18.8 Å². The van der Waals surface area contributed by atoms with Crippen LogP contribution in [0.25, 0.3) is 0 Å². The Balaban J connectivity index is 1.61. The van der Waals surface area contributed by atoms with E-state index in [-0.39, 0.29) is 42.1 Å². The molecule has 5 nitrogen and oxygen atoms in total. The smallest absolute Gasteiger partial charge is 0.240 e. The number of allylic oxidation sites excluding steroid dienone is 2. The summed E-state index contributed by atoms with van der Waals surface area (Å²) in [5.41, 5.74) is 0. The Labute approximate surface area is 118 Å². The molecule has 0 aromatic rings. The van der Waals surface area contributed by atoms with Crippen LogP contribution in [0.4, 0.5) is 0 Å². The third-order valence-corrected chi connectivity index (χ3v) is 4.62. The Kier molecular flexibility index (Phi) is 3.36. The van der Waals surface area contributed by atoms with E-state index in [2.05, 4.69) is 5.32 Å². The number of imide groups is 1. The van der Waals surface area contributed by atoms with Crippen LogP contribution in [0.5, 0.6) is 0 Å². The quantitative estimate of drug-likeness (QED) is 0.611. The predicted octanol–water partition coefficient (Wildman–Crippen LogP) is 0.852. The number of likely N-dealkylation sites (tertiary alicyclic amines) is 1. The average Bonchev–Trinajstić information content (AvgIpc) is 3.25. The highest BCUT2D eigenvalue weighted by Crippen LogP contribution is 2.35. The van der Waals surface area contributed by atoms with Gasteiger partial charge in [0.2, 0.25) is 17.7 Å². The zero-order valence-electron chi connectivity index (χ0n) is 11.7. The molecule has 0 aromatic carbocycles. The number of carbonyl (C=O) groups is 3. The van der Waals surface area contributed by atoms with E-state index in [1.54, 1.807) is 0 Å². The van der Waals surface area contributed by atoms with E-state index in [0.717, 1.165) is 17.7 Å². The number of fused-ring (bicyclic) bond motifs is 1. The number of nitrogens with zero attached hydrogens (tertiary/aromatic N) is 1. The monoisotopic (exact) mass is 276 g/mol. The summed E-state index contributed by atoms with van der Waals surface area (Å²) in [4.78, 5) is 37.5. The highest BCUT2D eigenvalue weighted by atomic mass is 16.2. The molecule has 1 heterocycles. The van der Waals surface area contributed by atoms with Crippen molar-refractivity contribution in [3.05, 3.63) is 12.2 Å². The van der Waals surface area contributed by atoms with Gasteiger partial charge in [0.05, 0.1) is 11.8 Å². The van der Waals surface area contributed by atoms with Gasteiger partial charge >= 0.3 is 0 Å². The van der Waals surface area contributed by atoms with Crippen molar-refractivity contribution in [3.8, 4) is 0 Å². The Morgan fingerprint density at radius 2 is 1.80 bits per heavy atom. The second-order valence-electron chi connectivity index (χ2n) is 6.11. The van der Waals surface area contributed by atoms with Crippen LogP contribution >= 0.6 is 0 Å². The Hall–Kier alpha value is -1.65. The van der Waals surface area contributed by atoms with Crippen LogP contribution in [-0.2, 0) is 14.4 Å². The Bertz CT molecular complexity index is 456. The third-order valence-electron chi connectivity index (χ3n) is 4.62. The first-order valence-corrected chi connectivity index (χ1v) is 7.37. The average molecular weight is 276 g/mol. The molecule has 2 fully saturated rings. The van der Waals surface area contributed by atoms with E-state index < -0.39 is 0 Å². The molecular weight excluding hydrogens is 256 g/mol. The normalized spacial score (nSPS) is 30.4. The summed E-state index contributed by atoms with van der Waals surface area (Å²) < 4.78 is 0. The lowest BCUT2D eigenvalue weighted by Crippen LogP contribution is -2.44. The fraction of sp³-hybridized carbons (Fsp3) is 0.667. The summed E-state index contributed by atoms with van der Waals surface area (Å²) in [6.45, 7) is 1.86. The molecule has 1 saturated heterocycles. The fourth-order valence-electron chi connectivity index (χ4n) is 3.18. The number of hydrogen-bond donors (Lipinski definition) is 1. The van der Waals surface area contributed by atoms with Crippen molar-refractivity contribution in [2.75, 3.05) is 6.54 Å². The highest BCUT2D eigenvalue weighted by Gasteiger charge is 2.47. The molecule has 108 valence electrons. The standard InChI is InChI=1S/C15H20N2O3/c1-9(10-6-7-10)16-13(18)8-17-14(19)11-4-2-3-5-12(11)15(17)20/h2-3,9-12H,4-8H2,1H3,(H,16,18)/t9-,11-,12+/m1/s1. The molecule has 3 aliphatic rings. The first-order chi connectivity index (χ1) is 9.58. The van der Waals surface area contributed by atoms with Crippen LogP contribution in [0.3, 0.4) is 0 Å². The molecule has 2 aliphatic carbocycles. The molecule has 0 aromatic heterocycles. The van der Waals surface area contributed by atoms with Gasteiger partial charge in [0, 0.05) is 6.04 Å². The minimum Gasteiger partial charge on any atom is -0.352 e. The van der Waals surface area contributed by atoms with Gasteiger partial charge in [-0.3, -0.25) is 19.3 Å². The summed E-state index contributed by atoms with van der Waals surface area (Å²) in [5, 5.41) is 2.89. The zero-order valence-corrected chi connectivity index (χ0v) is 11.7. The first kappa shape index (κ1) is 13.3. The molecule has 1 aliphatic heterocycles. The minimum absolute atomic E-state index is 0.123. The molecule has 5 heteroatoms. The molecule has 0 radical (unpaired) electrons. The largest absolute Gasteiger partial charge is 0.352 e. The lowest BCUT2D eigenvalue weighted by atomic mass is 9.85. The first-order valence-electron chi connectivity index (χ1n) is 7.37. The van der Waals surface area contributed by atoms with Gasteiger partial charge in [-0.15, -0.1) is 0 Å². The highest BCUT2D eigenvalue weighted by molar-refractivity contribution is 6.07. The van der Waals surface area contributed by atoms with Crippen LogP contribution in [0, 0.1) is 17.8 Å². The molecule has 20 heavy (non-hydrogen) atoms. The van der Waals surface area contributed by atoms with Crippen LogP contribution < -0.4 is 5.32 Å². The van der Waals surface area contributed by atoms with Crippen LogP contribution in [-0.4, -0.2) is 35.2 Å². The van der Waals surface area contributed by atoms with Crippen molar-refractivity contribution < 1.29 is 14.4 Å². The van der Waals surface area contributed by atoms with Crippen molar-refractivity contribution in [2.45, 2.75) is 38.6 Å². The van der Waals surface area contributed by atoms with Crippen molar-refractivity contribution >= 4 is 17.7 Å². The lowest BCUT2D eigenvalue weighted by molar-refractivity contribution is -0.143. The molecule has 1 N–H and O–H groups in total. The minimum atomic E-state index is -0.249. The summed E-state index contributed by atoms with van der Waals surface area (Å²) >= 11 is 0. The second-order valence-corrected chi connectivity index (χ2v) is 6.11. The lowest BCUT2D eigenvalue weighted by Gasteiger charge is -2.17. The Morgan fingerprint density at radius 3 is 2.30 bits per heavy atom. The maximum absolute atomic E-state index is 12.2. The van der Waals surface area contributed by atoms with Gasteiger partial charge in [-0.1, -0.05) is 12.2 Å². The van der Waals surface area contributed by atoms with E-state index >= 15 is 0 Å². The summed E-state index contributed by atoms with van der Waals surface area (Å²) in [7, 11) is 0. The van der Waals surface area contributed by atoms with E-state index in [1.165, 1.54) is 0 Å². The molecule has 3 rings (SSSR count). The predicted molar refractivity (Wildman–Crippen MR) is 72.4 cm³/mol. The molecule has 0 spiro atoms. The van der Waals surface area contributed by atoms with Crippen LogP contribution in [0.15, 0.2) is 12.2 Å². The van der Waals surface area contributed by atoms with E-state index in [4.69, 9.17) is 0 Å². The molecule has 3 atom stereocenters. The van der Waals surface area contributed by atoms with Crippen LogP contribution in [0.2, 0.25) is 0 Å².